The fourth-order valence-electron chi connectivity index (χ4n) is 1.78. The summed E-state index contributed by atoms with van der Waals surface area (Å²) in [5, 5.41) is 11.9. The zero-order valence-electron chi connectivity index (χ0n) is 12.8. The van der Waals surface area contributed by atoms with E-state index in [-0.39, 0.29) is 0 Å². The minimum absolute atomic E-state index is 0.411. The second kappa shape index (κ2) is 6.40. The van der Waals surface area contributed by atoms with E-state index in [1.54, 1.807) is 6.21 Å². The summed E-state index contributed by atoms with van der Waals surface area (Å²) < 4.78 is 0.988. The van der Waals surface area contributed by atoms with Gasteiger partial charge in [0.05, 0.1) is 0 Å². The fraction of sp³-hybridized carbons (Fsp3) is 0.211. The monoisotopic (exact) mass is 279 g/mol. The molecule has 0 fully saturated rings. The maximum Gasteiger partial charge on any atom is 0.182 e. The Labute approximate surface area is 126 Å². The second-order valence-corrected chi connectivity index (χ2v) is 6.04. The summed E-state index contributed by atoms with van der Waals surface area (Å²) in [6.07, 6.45) is 5.77. The van der Waals surface area contributed by atoms with E-state index >= 15 is 0 Å². The van der Waals surface area contributed by atoms with Crippen LogP contribution in [-0.4, -0.2) is 16.5 Å². The molecule has 0 unspecified atom stereocenters. The maximum atomic E-state index is 11.9. The molecule has 0 amide bonds. The third-order valence-corrected chi connectivity index (χ3v) is 3.13. The van der Waals surface area contributed by atoms with Crippen molar-refractivity contribution in [2.75, 3.05) is 0 Å². The van der Waals surface area contributed by atoms with Gasteiger partial charge in [0, 0.05) is 26.3 Å². The minimum Gasteiger partial charge on any atom is -0.623 e. The van der Waals surface area contributed by atoms with Crippen molar-refractivity contribution in [1.29, 1.82) is 0 Å². The average Bonchev–Trinajstić information content (AvgIpc) is 2.46. The van der Waals surface area contributed by atoms with E-state index in [1.165, 1.54) is 5.56 Å². The van der Waals surface area contributed by atoms with Crippen molar-refractivity contribution in [3.05, 3.63) is 76.5 Å². The van der Waals surface area contributed by atoms with Crippen LogP contribution in [0.2, 0.25) is 0 Å². The molecular weight excluding hydrogens is 258 g/mol. The first-order valence-corrected chi connectivity index (χ1v) is 7.10. The molecule has 2 aromatic carbocycles. The number of benzene rings is 2. The van der Waals surface area contributed by atoms with Gasteiger partial charge in [0.25, 0.3) is 0 Å². The van der Waals surface area contributed by atoms with Crippen LogP contribution in [0, 0.1) is 5.21 Å². The number of nitrogens with zero attached hydrogens (tertiary/aromatic N) is 1. The first-order chi connectivity index (χ1) is 9.95. The Hall–Kier alpha value is -2.35. The Bertz CT molecular complexity index is 632. The van der Waals surface area contributed by atoms with Crippen molar-refractivity contribution in [2.45, 2.75) is 26.3 Å². The van der Waals surface area contributed by atoms with Crippen LogP contribution in [0.1, 0.15) is 37.5 Å². The Kier molecular flexibility index (Phi) is 4.59. The summed E-state index contributed by atoms with van der Waals surface area (Å²) in [6.45, 7) is 5.69. The third-order valence-electron chi connectivity index (χ3n) is 3.13. The summed E-state index contributed by atoms with van der Waals surface area (Å²) in [4.78, 5) is 0. The number of rotatable bonds is 3. The van der Waals surface area contributed by atoms with Crippen LogP contribution in [0.3, 0.4) is 0 Å². The molecule has 2 aromatic rings. The predicted molar refractivity (Wildman–Crippen MR) is 90.4 cm³/mol. The van der Waals surface area contributed by atoms with E-state index in [0.29, 0.717) is 0 Å². The highest BCUT2D eigenvalue weighted by atomic mass is 16.5. The van der Waals surface area contributed by atoms with Crippen LogP contribution >= 0.6 is 0 Å². The lowest BCUT2D eigenvalue weighted by molar-refractivity contribution is -0.530. The van der Waals surface area contributed by atoms with Crippen molar-refractivity contribution in [1.82, 2.24) is 0 Å². The molecule has 0 radical (unpaired) electrons. The Balaban J connectivity index is 2.11. The summed E-state index contributed by atoms with van der Waals surface area (Å²) in [5.41, 5.74) is 2.79. The standard InChI is InChI=1S/C19H21NO/c1-19(2,3)20(21)15-18-13-11-17(12-14-18)10-9-16-7-5-4-6-8-16/h4-15H,1-3H3/b10-9+,20-15-. The molecule has 21 heavy (non-hydrogen) atoms. The smallest absolute Gasteiger partial charge is 0.182 e. The Morgan fingerprint density at radius 1 is 0.762 bits per heavy atom. The van der Waals surface area contributed by atoms with Gasteiger partial charge in [-0.3, -0.25) is 0 Å². The Morgan fingerprint density at radius 3 is 1.76 bits per heavy atom. The SMILES string of the molecule is CC(C)(C)/[N+]([O-])=C/c1ccc(/C=C/c2ccccc2)cc1. The molecular formula is C19H21NO. The van der Waals surface area contributed by atoms with Crippen molar-refractivity contribution in [2.24, 2.45) is 0 Å². The Morgan fingerprint density at radius 2 is 1.24 bits per heavy atom. The molecule has 0 aromatic heterocycles. The van der Waals surface area contributed by atoms with E-state index in [4.69, 9.17) is 0 Å². The molecule has 0 N–H and O–H groups in total. The number of hydroxylamine groups is 1. The van der Waals surface area contributed by atoms with E-state index in [2.05, 4.69) is 24.3 Å². The van der Waals surface area contributed by atoms with Gasteiger partial charge in [0.2, 0.25) is 0 Å². The summed E-state index contributed by atoms with van der Waals surface area (Å²) in [5.74, 6) is 0. The quantitative estimate of drug-likeness (QED) is 0.265. The van der Waals surface area contributed by atoms with E-state index in [0.717, 1.165) is 15.9 Å². The molecule has 2 nitrogen and oxygen atoms in total. The molecule has 2 heteroatoms. The van der Waals surface area contributed by atoms with Gasteiger partial charge in [0.1, 0.15) is 0 Å². The highest BCUT2D eigenvalue weighted by molar-refractivity contribution is 5.77. The summed E-state index contributed by atoms with van der Waals surface area (Å²) in [7, 11) is 0. The summed E-state index contributed by atoms with van der Waals surface area (Å²) >= 11 is 0. The van der Waals surface area contributed by atoms with Gasteiger partial charge in [-0.2, -0.15) is 0 Å². The third kappa shape index (κ3) is 4.60. The first kappa shape index (κ1) is 15.0. The lowest BCUT2D eigenvalue weighted by Crippen LogP contribution is -2.29. The predicted octanol–water partition coefficient (Wildman–Crippen LogP) is 4.58. The largest absolute Gasteiger partial charge is 0.623 e. The summed E-state index contributed by atoms with van der Waals surface area (Å²) in [6, 6.07) is 18.1. The lowest BCUT2D eigenvalue weighted by atomic mass is 10.1. The van der Waals surface area contributed by atoms with Crippen molar-refractivity contribution in [3.8, 4) is 0 Å². The zero-order chi connectivity index (χ0) is 15.3. The van der Waals surface area contributed by atoms with Gasteiger partial charge >= 0.3 is 0 Å². The van der Waals surface area contributed by atoms with Crippen LogP contribution in [0.15, 0.2) is 54.6 Å². The molecule has 2 rings (SSSR count). The first-order valence-electron chi connectivity index (χ1n) is 7.10. The number of hydrogen-bond acceptors (Lipinski definition) is 1. The van der Waals surface area contributed by atoms with Gasteiger partial charge in [-0.1, -0.05) is 54.6 Å². The van der Waals surface area contributed by atoms with Gasteiger partial charge in [-0.05, 0) is 23.3 Å². The van der Waals surface area contributed by atoms with E-state index in [9.17, 15) is 5.21 Å². The highest BCUT2D eigenvalue weighted by Crippen LogP contribution is 2.10. The molecule has 0 bridgehead atoms. The average molecular weight is 279 g/mol. The fourth-order valence-corrected chi connectivity index (χ4v) is 1.78. The van der Waals surface area contributed by atoms with Crippen LogP contribution in [-0.2, 0) is 0 Å². The lowest BCUT2D eigenvalue weighted by Gasteiger charge is -2.18. The van der Waals surface area contributed by atoms with Gasteiger partial charge < -0.3 is 5.21 Å². The molecule has 0 atom stereocenters. The molecule has 0 aliphatic rings. The van der Waals surface area contributed by atoms with Crippen molar-refractivity contribution >= 4 is 18.4 Å². The molecule has 0 saturated carbocycles. The molecule has 0 heterocycles. The van der Waals surface area contributed by atoms with Crippen LogP contribution < -0.4 is 0 Å². The molecule has 0 aliphatic heterocycles. The highest BCUT2D eigenvalue weighted by Gasteiger charge is 2.17. The number of hydrogen-bond donors (Lipinski definition) is 0. The van der Waals surface area contributed by atoms with Crippen molar-refractivity contribution < 1.29 is 4.74 Å². The van der Waals surface area contributed by atoms with Crippen LogP contribution in [0.25, 0.3) is 12.2 Å². The van der Waals surface area contributed by atoms with E-state index < -0.39 is 5.54 Å². The van der Waals surface area contributed by atoms with Crippen LogP contribution in [0.4, 0.5) is 0 Å². The normalized spacial score (nSPS) is 12.8. The minimum atomic E-state index is -0.411. The molecule has 0 spiro atoms. The van der Waals surface area contributed by atoms with Gasteiger partial charge in [-0.15, -0.1) is 0 Å². The zero-order valence-corrected chi connectivity index (χ0v) is 12.8. The second-order valence-electron chi connectivity index (χ2n) is 6.04. The topological polar surface area (TPSA) is 26.1 Å². The molecule has 108 valence electrons. The van der Waals surface area contributed by atoms with Gasteiger partial charge in [0.15, 0.2) is 11.8 Å². The molecule has 0 saturated heterocycles. The van der Waals surface area contributed by atoms with Crippen LogP contribution in [0.5, 0.6) is 0 Å². The maximum absolute atomic E-state index is 11.9. The van der Waals surface area contributed by atoms with Gasteiger partial charge in [-0.25, -0.2) is 4.74 Å². The van der Waals surface area contributed by atoms with Crippen molar-refractivity contribution in [3.63, 3.8) is 0 Å². The van der Waals surface area contributed by atoms with E-state index in [1.807, 2.05) is 63.2 Å². The molecule has 0 aliphatic carbocycles.